The zero-order chi connectivity index (χ0) is 27.7. The molecule has 1 aliphatic carbocycles. The average molecular weight is 539 g/mol. The highest BCUT2D eigenvalue weighted by Crippen LogP contribution is 2.49. The first-order valence-electron chi connectivity index (χ1n) is 14.7. The molecule has 2 heterocycles. The molecule has 1 fully saturated rings. The predicted molar refractivity (Wildman–Crippen MR) is 155 cm³/mol. The highest BCUT2D eigenvalue weighted by molar-refractivity contribution is 6.01. The van der Waals surface area contributed by atoms with E-state index in [0.717, 1.165) is 42.4 Å². The molecular weight excluding hydrogens is 500 g/mol. The Labute approximate surface area is 236 Å². The van der Waals surface area contributed by atoms with Crippen LogP contribution in [0.5, 0.6) is 11.5 Å². The monoisotopic (exact) mass is 538 g/mol. The van der Waals surface area contributed by atoms with Gasteiger partial charge in [-0.05, 0) is 73.6 Å². The molecule has 0 radical (unpaired) electrons. The summed E-state index contributed by atoms with van der Waals surface area (Å²) < 4.78 is 11.9. The van der Waals surface area contributed by atoms with Crippen LogP contribution in [-0.2, 0) is 16.6 Å². The molecule has 208 valence electrons. The van der Waals surface area contributed by atoms with Crippen LogP contribution in [0.2, 0.25) is 0 Å². The number of fused-ring (bicyclic) bond motifs is 4. The molecule has 1 saturated carbocycles. The fraction of sp³-hybridized carbons (Fsp3) is 0.412. The van der Waals surface area contributed by atoms with E-state index in [-0.39, 0.29) is 17.2 Å². The van der Waals surface area contributed by atoms with Crippen molar-refractivity contribution in [2.24, 2.45) is 0 Å². The van der Waals surface area contributed by atoms with Gasteiger partial charge in [0.15, 0.2) is 11.5 Å². The topological polar surface area (TPSA) is 67.9 Å². The van der Waals surface area contributed by atoms with Gasteiger partial charge in [0.2, 0.25) is 5.91 Å². The quantitative estimate of drug-likeness (QED) is 0.385. The van der Waals surface area contributed by atoms with Gasteiger partial charge in [0.05, 0.1) is 25.2 Å². The van der Waals surface area contributed by atoms with E-state index in [1.165, 1.54) is 5.56 Å². The second-order valence-corrected chi connectivity index (χ2v) is 11.2. The van der Waals surface area contributed by atoms with Crippen LogP contribution < -0.4 is 14.8 Å². The lowest BCUT2D eigenvalue weighted by Crippen LogP contribution is -2.51. The van der Waals surface area contributed by atoms with E-state index >= 15 is 0 Å². The standard InChI is InChI=1S/C34H38N2O4/c1-3-39-28-20-23-16-19-36-31(27(23)21-29(28)40-4-2)30(25-14-8-9-15-26(25)33(36)38)32(37)35-22-34(17-10-11-18-34)24-12-6-5-7-13-24/h5-9,12-15,20-21,30-31H,3-4,10-11,16-19,22H2,1-2H3,(H,35,37)/t30-,31-/m1/s1. The number of ether oxygens (including phenoxy) is 2. The predicted octanol–water partition coefficient (Wildman–Crippen LogP) is 5.95. The van der Waals surface area contributed by atoms with Crippen LogP contribution in [0.25, 0.3) is 0 Å². The van der Waals surface area contributed by atoms with Gasteiger partial charge >= 0.3 is 0 Å². The number of nitrogens with zero attached hydrogens (tertiary/aromatic N) is 1. The first kappa shape index (κ1) is 26.4. The lowest BCUT2D eigenvalue weighted by atomic mass is 9.75. The molecule has 3 aromatic carbocycles. The van der Waals surface area contributed by atoms with Crippen molar-refractivity contribution < 1.29 is 19.1 Å². The molecule has 0 aromatic heterocycles. The summed E-state index contributed by atoms with van der Waals surface area (Å²) in [4.78, 5) is 30.0. The third-order valence-electron chi connectivity index (χ3n) is 9.01. The highest BCUT2D eigenvalue weighted by Gasteiger charge is 2.47. The number of carbonyl (C=O) groups excluding carboxylic acids is 2. The van der Waals surface area contributed by atoms with Crippen molar-refractivity contribution in [2.75, 3.05) is 26.3 Å². The smallest absolute Gasteiger partial charge is 0.254 e. The van der Waals surface area contributed by atoms with E-state index < -0.39 is 12.0 Å². The number of nitrogens with one attached hydrogen (secondary N) is 1. The summed E-state index contributed by atoms with van der Waals surface area (Å²) in [6, 6.07) is 21.9. The van der Waals surface area contributed by atoms with E-state index in [1.54, 1.807) is 0 Å². The summed E-state index contributed by atoms with van der Waals surface area (Å²) in [7, 11) is 0. The van der Waals surface area contributed by atoms with E-state index in [2.05, 4.69) is 29.6 Å². The Bertz CT molecular complexity index is 1400. The van der Waals surface area contributed by atoms with Crippen molar-refractivity contribution >= 4 is 11.8 Å². The highest BCUT2D eigenvalue weighted by atomic mass is 16.5. The largest absolute Gasteiger partial charge is 0.490 e. The summed E-state index contributed by atoms with van der Waals surface area (Å²) in [5.41, 5.74) is 4.73. The van der Waals surface area contributed by atoms with Crippen LogP contribution in [-0.4, -0.2) is 43.0 Å². The molecule has 6 heteroatoms. The van der Waals surface area contributed by atoms with Crippen LogP contribution in [0, 0.1) is 0 Å². The molecule has 0 spiro atoms. The summed E-state index contributed by atoms with van der Waals surface area (Å²) in [6.07, 6.45) is 5.16. The van der Waals surface area contributed by atoms with E-state index in [4.69, 9.17) is 9.47 Å². The summed E-state index contributed by atoms with van der Waals surface area (Å²) >= 11 is 0. The van der Waals surface area contributed by atoms with Crippen LogP contribution in [0.1, 0.15) is 84.1 Å². The Balaban J connectivity index is 1.40. The van der Waals surface area contributed by atoms with Crippen LogP contribution in [0.15, 0.2) is 66.7 Å². The number of benzene rings is 3. The normalized spacial score (nSPS) is 20.8. The fourth-order valence-corrected chi connectivity index (χ4v) is 7.13. The van der Waals surface area contributed by atoms with Gasteiger partial charge in [-0.2, -0.15) is 0 Å². The maximum Gasteiger partial charge on any atom is 0.254 e. The molecular formula is C34H38N2O4. The second kappa shape index (κ2) is 11.0. The summed E-state index contributed by atoms with van der Waals surface area (Å²) in [5.74, 6) is 0.806. The minimum Gasteiger partial charge on any atom is -0.490 e. The minimum absolute atomic E-state index is 0.0151. The number of hydrogen-bond acceptors (Lipinski definition) is 4. The van der Waals surface area contributed by atoms with Crippen LogP contribution in [0.4, 0.5) is 0 Å². The summed E-state index contributed by atoms with van der Waals surface area (Å²) in [6.45, 7) is 6.09. The van der Waals surface area contributed by atoms with E-state index in [0.29, 0.717) is 49.8 Å². The maximum atomic E-state index is 14.3. The van der Waals surface area contributed by atoms with Crippen LogP contribution >= 0.6 is 0 Å². The maximum absolute atomic E-state index is 14.3. The van der Waals surface area contributed by atoms with Gasteiger partial charge in [0.1, 0.15) is 0 Å². The first-order chi connectivity index (χ1) is 19.6. The Morgan fingerprint density at radius 1 is 0.925 bits per heavy atom. The lowest BCUT2D eigenvalue weighted by molar-refractivity contribution is -0.124. The Morgan fingerprint density at radius 2 is 1.60 bits per heavy atom. The molecule has 3 aromatic rings. The zero-order valence-corrected chi connectivity index (χ0v) is 23.4. The van der Waals surface area contributed by atoms with Crippen molar-refractivity contribution in [3.05, 3.63) is 94.5 Å². The van der Waals surface area contributed by atoms with Gasteiger partial charge in [-0.3, -0.25) is 9.59 Å². The Kier molecular flexibility index (Phi) is 7.26. The SMILES string of the molecule is CCOc1cc2c(cc1OCC)[C@@H]1[C@H](C(=O)NCC3(c4ccccc4)CCCC3)c3ccccc3C(=O)N1CC2. The molecule has 40 heavy (non-hydrogen) atoms. The molecule has 0 unspecified atom stereocenters. The van der Waals surface area contributed by atoms with E-state index in [9.17, 15) is 9.59 Å². The molecule has 0 bridgehead atoms. The molecule has 2 aliphatic heterocycles. The third-order valence-corrected chi connectivity index (χ3v) is 9.01. The average Bonchev–Trinajstić information content (AvgIpc) is 3.47. The third kappa shape index (κ3) is 4.53. The van der Waals surface area contributed by atoms with Crippen molar-refractivity contribution in [3.63, 3.8) is 0 Å². The number of rotatable bonds is 8. The van der Waals surface area contributed by atoms with Crippen LogP contribution in [0.3, 0.4) is 0 Å². The number of hydrogen-bond donors (Lipinski definition) is 1. The van der Waals surface area contributed by atoms with Gasteiger partial charge in [0, 0.05) is 24.1 Å². The molecule has 6 nitrogen and oxygen atoms in total. The first-order valence-corrected chi connectivity index (χ1v) is 14.7. The fourth-order valence-electron chi connectivity index (χ4n) is 7.13. The van der Waals surface area contributed by atoms with Crippen molar-refractivity contribution in [2.45, 2.75) is 63.3 Å². The van der Waals surface area contributed by atoms with Gasteiger partial charge in [-0.25, -0.2) is 0 Å². The minimum atomic E-state index is -0.519. The molecule has 2 amide bonds. The second-order valence-electron chi connectivity index (χ2n) is 11.2. The zero-order valence-electron chi connectivity index (χ0n) is 23.4. The van der Waals surface area contributed by atoms with Crippen molar-refractivity contribution in [1.29, 1.82) is 0 Å². The van der Waals surface area contributed by atoms with Gasteiger partial charge in [0.25, 0.3) is 5.91 Å². The Hall–Kier alpha value is -3.80. The summed E-state index contributed by atoms with van der Waals surface area (Å²) in [5, 5.41) is 3.39. The molecule has 1 N–H and O–H groups in total. The van der Waals surface area contributed by atoms with Gasteiger partial charge < -0.3 is 19.7 Å². The van der Waals surface area contributed by atoms with Crippen molar-refractivity contribution in [1.82, 2.24) is 10.2 Å². The van der Waals surface area contributed by atoms with Crippen molar-refractivity contribution in [3.8, 4) is 11.5 Å². The molecule has 0 saturated heterocycles. The molecule has 3 aliphatic rings. The molecule has 2 atom stereocenters. The number of carbonyl (C=O) groups is 2. The number of amides is 2. The van der Waals surface area contributed by atoms with Gasteiger partial charge in [-0.1, -0.05) is 61.4 Å². The van der Waals surface area contributed by atoms with Gasteiger partial charge in [-0.15, -0.1) is 0 Å². The van der Waals surface area contributed by atoms with E-state index in [1.807, 2.05) is 61.2 Å². The molecule has 6 rings (SSSR count). The Morgan fingerprint density at radius 3 is 2.33 bits per heavy atom. The lowest BCUT2D eigenvalue weighted by Gasteiger charge is -2.45.